The molecule has 2 aliphatic rings. The number of hydrogen-bond acceptors (Lipinski definition) is 0. The summed E-state index contributed by atoms with van der Waals surface area (Å²) in [6.07, 6.45) is -0.802. The van der Waals surface area contributed by atoms with E-state index in [2.05, 4.69) is 6.58 Å². The molecule has 2 rings (SSSR count). The van der Waals surface area contributed by atoms with Crippen LogP contribution in [0, 0.1) is 11.8 Å². The zero-order chi connectivity index (χ0) is 10.6. The van der Waals surface area contributed by atoms with E-state index >= 15 is 0 Å². The summed E-state index contributed by atoms with van der Waals surface area (Å²) in [4.78, 5) is 0. The van der Waals surface area contributed by atoms with E-state index < -0.39 is 11.8 Å². The summed E-state index contributed by atoms with van der Waals surface area (Å²) >= 11 is 0. The molecule has 0 N–H and O–H groups in total. The second kappa shape index (κ2) is 2.74. The van der Waals surface area contributed by atoms with Gasteiger partial charge in [0.05, 0.1) is 0 Å². The fourth-order valence-corrected chi connectivity index (χ4v) is 2.18. The lowest BCUT2D eigenvalue weighted by Gasteiger charge is -2.43. The first kappa shape index (κ1) is 9.99. The van der Waals surface area contributed by atoms with Crippen molar-refractivity contribution in [1.82, 2.24) is 0 Å². The minimum absolute atomic E-state index is 0.200. The van der Waals surface area contributed by atoms with Crippen molar-refractivity contribution in [2.45, 2.75) is 37.5 Å². The number of rotatable bonds is 2. The lowest BCUT2D eigenvalue weighted by molar-refractivity contribution is -0.123. The second-order valence-corrected chi connectivity index (χ2v) is 4.50. The van der Waals surface area contributed by atoms with Gasteiger partial charge >= 0.3 is 0 Å². The standard InChI is InChI=1S/C10H12F4/c1-6(7-2-9(11,12)3-7)8-4-10(13,14)5-8/h7-8H,1-5H2. The molecular weight excluding hydrogens is 196 g/mol. The molecule has 0 spiro atoms. The first-order valence-electron chi connectivity index (χ1n) is 4.73. The van der Waals surface area contributed by atoms with E-state index in [1.165, 1.54) is 0 Å². The third-order valence-electron chi connectivity index (χ3n) is 3.23. The van der Waals surface area contributed by atoms with E-state index in [4.69, 9.17) is 0 Å². The van der Waals surface area contributed by atoms with Gasteiger partial charge in [-0.2, -0.15) is 0 Å². The Morgan fingerprint density at radius 2 is 1.14 bits per heavy atom. The van der Waals surface area contributed by atoms with Gasteiger partial charge < -0.3 is 0 Å². The fraction of sp³-hybridized carbons (Fsp3) is 0.800. The third kappa shape index (κ3) is 1.66. The molecule has 0 amide bonds. The van der Waals surface area contributed by atoms with Gasteiger partial charge in [0.15, 0.2) is 0 Å². The van der Waals surface area contributed by atoms with Gasteiger partial charge in [-0.05, 0) is 11.8 Å². The highest BCUT2D eigenvalue weighted by atomic mass is 19.3. The van der Waals surface area contributed by atoms with Gasteiger partial charge in [0.1, 0.15) is 0 Å². The van der Waals surface area contributed by atoms with Crippen molar-refractivity contribution in [3.05, 3.63) is 12.2 Å². The molecule has 2 fully saturated rings. The van der Waals surface area contributed by atoms with Gasteiger partial charge in [0, 0.05) is 25.7 Å². The summed E-state index contributed by atoms with van der Waals surface area (Å²) in [5.74, 6) is -5.63. The average molecular weight is 208 g/mol. The molecule has 2 aliphatic carbocycles. The number of hydrogen-bond donors (Lipinski definition) is 0. The summed E-state index contributed by atoms with van der Waals surface area (Å²) in [6.45, 7) is 3.66. The highest BCUT2D eigenvalue weighted by molar-refractivity contribution is 5.17. The lowest BCUT2D eigenvalue weighted by atomic mass is 9.66. The predicted octanol–water partition coefficient (Wildman–Crippen LogP) is 3.63. The van der Waals surface area contributed by atoms with Crippen LogP contribution in [0.2, 0.25) is 0 Å². The highest BCUT2D eigenvalue weighted by Gasteiger charge is 2.52. The Balaban J connectivity index is 1.82. The van der Waals surface area contributed by atoms with Crippen LogP contribution in [0.25, 0.3) is 0 Å². The van der Waals surface area contributed by atoms with Crippen molar-refractivity contribution >= 4 is 0 Å². The molecule has 0 atom stereocenters. The number of halogens is 4. The van der Waals surface area contributed by atoms with Crippen molar-refractivity contribution < 1.29 is 17.6 Å². The average Bonchev–Trinajstić information content (AvgIpc) is 1.93. The first-order valence-corrected chi connectivity index (χ1v) is 4.73. The molecule has 0 aliphatic heterocycles. The Kier molecular flexibility index (Phi) is 1.95. The SMILES string of the molecule is C=C(C1CC(F)(F)C1)C1CC(F)(F)C1. The Labute approximate surface area is 80.0 Å². The minimum atomic E-state index is -2.58. The molecule has 0 aromatic heterocycles. The maximum absolute atomic E-state index is 12.5. The van der Waals surface area contributed by atoms with Gasteiger partial charge in [-0.25, -0.2) is 17.6 Å². The summed E-state index contributed by atoms with van der Waals surface area (Å²) in [6, 6.07) is 0. The fourth-order valence-electron chi connectivity index (χ4n) is 2.18. The Morgan fingerprint density at radius 3 is 1.36 bits per heavy atom. The van der Waals surface area contributed by atoms with Gasteiger partial charge in [-0.15, -0.1) is 0 Å². The Morgan fingerprint density at radius 1 is 0.857 bits per heavy atom. The van der Waals surface area contributed by atoms with Gasteiger partial charge in [-0.1, -0.05) is 12.2 Å². The molecule has 14 heavy (non-hydrogen) atoms. The molecule has 0 radical (unpaired) electrons. The largest absolute Gasteiger partial charge is 0.249 e. The summed E-state index contributed by atoms with van der Waals surface area (Å²) < 4.78 is 50.0. The normalized spacial score (nSPS) is 30.6. The Bertz CT molecular complexity index is 227. The minimum Gasteiger partial charge on any atom is -0.207 e. The van der Waals surface area contributed by atoms with E-state index in [1.807, 2.05) is 0 Å². The van der Waals surface area contributed by atoms with Crippen LogP contribution in [0.5, 0.6) is 0 Å². The topological polar surface area (TPSA) is 0 Å². The molecule has 0 aromatic carbocycles. The summed E-state index contributed by atoms with van der Waals surface area (Å²) in [5, 5.41) is 0. The van der Waals surface area contributed by atoms with Crippen molar-refractivity contribution in [3.63, 3.8) is 0 Å². The van der Waals surface area contributed by atoms with Crippen LogP contribution in [0.15, 0.2) is 12.2 Å². The van der Waals surface area contributed by atoms with Crippen LogP contribution in [-0.4, -0.2) is 11.8 Å². The first-order chi connectivity index (χ1) is 6.29. The van der Waals surface area contributed by atoms with Crippen LogP contribution in [0.4, 0.5) is 17.6 Å². The molecule has 0 aromatic rings. The van der Waals surface area contributed by atoms with E-state index in [9.17, 15) is 17.6 Å². The van der Waals surface area contributed by atoms with Gasteiger partial charge in [-0.3, -0.25) is 0 Å². The smallest absolute Gasteiger partial charge is 0.207 e. The van der Waals surface area contributed by atoms with E-state index in [-0.39, 0.29) is 37.5 Å². The maximum atomic E-state index is 12.5. The van der Waals surface area contributed by atoms with Crippen LogP contribution in [-0.2, 0) is 0 Å². The number of allylic oxidation sites excluding steroid dienone is 1. The molecule has 0 saturated heterocycles. The molecule has 0 unspecified atom stereocenters. The lowest BCUT2D eigenvalue weighted by Crippen LogP contribution is -2.43. The van der Waals surface area contributed by atoms with Crippen molar-refractivity contribution in [2.75, 3.05) is 0 Å². The van der Waals surface area contributed by atoms with E-state index in [1.54, 1.807) is 0 Å². The molecule has 0 bridgehead atoms. The number of alkyl halides is 4. The molecule has 80 valence electrons. The van der Waals surface area contributed by atoms with Crippen LogP contribution < -0.4 is 0 Å². The predicted molar refractivity (Wildman–Crippen MR) is 44.5 cm³/mol. The maximum Gasteiger partial charge on any atom is 0.249 e. The zero-order valence-corrected chi connectivity index (χ0v) is 7.70. The summed E-state index contributed by atoms with van der Waals surface area (Å²) in [5.41, 5.74) is 0.613. The molecular formula is C10H12F4. The van der Waals surface area contributed by atoms with Crippen molar-refractivity contribution in [2.24, 2.45) is 11.8 Å². The van der Waals surface area contributed by atoms with Crippen molar-refractivity contribution in [1.29, 1.82) is 0 Å². The van der Waals surface area contributed by atoms with Crippen LogP contribution in [0.3, 0.4) is 0 Å². The molecule has 2 saturated carbocycles. The quantitative estimate of drug-likeness (QED) is 0.480. The molecule has 4 heteroatoms. The highest BCUT2D eigenvalue weighted by Crippen LogP contribution is 2.53. The van der Waals surface area contributed by atoms with Gasteiger partial charge in [0.25, 0.3) is 0 Å². The van der Waals surface area contributed by atoms with Crippen LogP contribution in [0.1, 0.15) is 25.7 Å². The summed E-state index contributed by atoms with van der Waals surface area (Å²) in [7, 11) is 0. The van der Waals surface area contributed by atoms with Gasteiger partial charge in [0.2, 0.25) is 11.8 Å². The van der Waals surface area contributed by atoms with E-state index in [0.717, 1.165) is 0 Å². The monoisotopic (exact) mass is 208 g/mol. The second-order valence-electron chi connectivity index (χ2n) is 4.50. The zero-order valence-electron chi connectivity index (χ0n) is 7.70. The Hall–Kier alpha value is -0.540. The van der Waals surface area contributed by atoms with Crippen molar-refractivity contribution in [3.8, 4) is 0 Å². The van der Waals surface area contributed by atoms with Crippen LogP contribution >= 0.6 is 0 Å². The molecule has 0 heterocycles. The molecule has 0 nitrogen and oxygen atoms in total. The van der Waals surface area contributed by atoms with E-state index in [0.29, 0.717) is 5.57 Å². The third-order valence-corrected chi connectivity index (χ3v) is 3.23.